The Morgan fingerprint density at radius 2 is 2.13 bits per heavy atom. The molecule has 128 valence electrons. The molecule has 0 radical (unpaired) electrons. The van der Waals surface area contributed by atoms with Gasteiger partial charge in [0.15, 0.2) is 6.29 Å². The van der Waals surface area contributed by atoms with Gasteiger partial charge in [0.25, 0.3) is 0 Å². The summed E-state index contributed by atoms with van der Waals surface area (Å²) in [7, 11) is 0. The molecular weight excluding hydrogens is 288 g/mol. The fourth-order valence-corrected chi connectivity index (χ4v) is 5.31. The molecule has 0 amide bonds. The molecule has 0 aromatic rings. The molecule has 6 atom stereocenters. The summed E-state index contributed by atoms with van der Waals surface area (Å²) < 4.78 is 11.3. The van der Waals surface area contributed by atoms with Gasteiger partial charge in [-0.1, -0.05) is 17.7 Å². The number of allylic oxidation sites excluding steroid dienone is 2. The van der Waals surface area contributed by atoms with Crippen LogP contribution < -0.4 is 0 Å². The van der Waals surface area contributed by atoms with E-state index in [0.717, 1.165) is 18.8 Å². The molecular formula is C20H30O3. The number of rotatable bonds is 3. The van der Waals surface area contributed by atoms with Crippen molar-refractivity contribution >= 4 is 0 Å². The van der Waals surface area contributed by atoms with Crippen molar-refractivity contribution in [2.45, 2.75) is 70.9 Å². The van der Waals surface area contributed by atoms with E-state index in [1.165, 1.54) is 30.4 Å². The fraction of sp³-hybridized carbons (Fsp3) is 0.800. The van der Waals surface area contributed by atoms with Gasteiger partial charge in [0, 0.05) is 5.92 Å². The third-order valence-corrected chi connectivity index (χ3v) is 6.78. The molecule has 1 saturated carbocycles. The molecule has 2 aliphatic carbocycles. The minimum Gasteiger partial charge on any atom is -0.367 e. The molecule has 2 aliphatic heterocycles. The highest BCUT2D eigenvalue weighted by atomic mass is 16.6. The van der Waals surface area contributed by atoms with E-state index in [1.54, 1.807) is 0 Å². The van der Waals surface area contributed by atoms with E-state index >= 15 is 0 Å². The van der Waals surface area contributed by atoms with Crippen molar-refractivity contribution in [3.05, 3.63) is 23.3 Å². The van der Waals surface area contributed by atoms with Gasteiger partial charge in [-0.25, -0.2) is 0 Å². The highest BCUT2D eigenvalue weighted by molar-refractivity contribution is 5.21. The van der Waals surface area contributed by atoms with Gasteiger partial charge in [-0.15, -0.1) is 0 Å². The monoisotopic (exact) mass is 318 g/mol. The predicted octanol–water partition coefficient (Wildman–Crippen LogP) is 3.83. The van der Waals surface area contributed by atoms with Crippen LogP contribution in [0.5, 0.6) is 0 Å². The number of aliphatic hydroxyl groups excluding tert-OH is 1. The van der Waals surface area contributed by atoms with E-state index < -0.39 is 6.29 Å². The van der Waals surface area contributed by atoms with Crippen molar-refractivity contribution in [2.75, 3.05) is 6.61 Å². The maximum Gasteiger partial charge on any atom is 0.161 e. The summed E-state index contributed by atoms with van der Waals surface area (Å²) in [4.78, 5) is 0. The second-order valence-electron chi connectivity index (χ2n) is 8.50. The van der Waals surface area contributed by atoms with Gasteiger partial charge in [-0.2, -0.15) is 0 Å². The normalized spacial score (nSPS) is 45.2. The number of aliphatic hydroxyl groups is 1. The van der Waals surface area contributed by atoms with Crippen molar-refractivity contribution in [1.82, 2.24) is 0 Å². The summed E-state index contributed by atoms with van der Waals surface area (Å²) in [5, 5.41) is 10.4. The van der Waals surface area contributed by atoms with Crippen LogP contribution in [0.1, 0.15) is 52.9 Å². The molecule has 3 heteroatoms. The molecule has 3 nitrogen and oxygen atoms in total. The lowest BCUT2D eigenvalue weighted by Crippen LogP contribution is -2.31. The average Bonchev–Trinajstić information content (AvgIpc) is 2.79. The van der Waals surface area contributed by atoms with Gasteiger partial charge in [-0.05, 0) is 76.2 Å². The van der Waals surface area contributed by atoms with Crippen LogP contribution in [0.3, 0.4) is 0 Å². The maximum absolute atomic E-state index is 10.4. The first kappa shape index (κ1) is 15.9. The van der Waals surface area contributed by atoms with Gasteiger partial charge < -0.3 is 14.6 Å². The van der Waals surface area contributed by atoms with Crippen LogP contribution in [-0.4, -0.2) is 29.7 Å². The van der Waals surface area contributed by atoms with Crippen molar-refractivity contribution < 1.29 is 14.6 Å². The van der Waals surface area contributed by atoms with Crippen LogP contribution in [0.4, 0.5) is 0 Å². The average molecular weight is 318 g/mol. The molecule has 2 heterocycles. The van der Waals surface area contributed by atoms with E-state index in [9.17, 15) is 5.11 Å². The lowest BCUT2D eigenvalue weighted by molar-refractivity contribution is -0.0981. The van der Waals surface area contributed by atoms with Gasteiger partial charge in [0.2, 0.25) is 0 Å². The van der Waals surface area contributed by atoms with Crippen molar-refractivity contribution in [1.29, 1.82) is 0 Å². The molecule has 1 N–H and O–H groups in total. The second-order valence-corrected chi connectivity index (χ2v) is 8.50. The Balaban J connectivity index is 1.52. The summed E-state index contributed by atoms with van der Waals surface area (Å²) >= 11 is 0. The smallest absolute Gasteiger partial charge is 0.161 e. The first-order chi connectivity index (χ1) is 11.0. The number of hydrogen-bond donors (Lipinski definition) is 1. The van der Waals surface area contributed by atoms with Crippen molar-refractivity contribution in [3.63, 3.8) is 0 Å². The molecule has 0 aromatic carbocycles. The van der Waals surface area contributed by atoms with Crippen LogP contribution >= 0.6 is 0 Å². The van der Waals surface area contributed by atoms with Crippen molar-refractivity contribution in [3.8, 4) is 0 Å². The van der Waals surface area contributed by atoms with Crippen LogP contribution in [-0.2, 0) is 9.47 Å². The van der Waals surface area contributed by atoms with Gasteiger partial charge in [0.05, 0.1) is 18.3 Å². The van der Waals surface area contributed by atoms with Gasteiger partial charge in [0.1, 0.15) is 0 Å². The van der Waals surface area contributed by atoms with Crippen LogP contribution in [0, 0.1) is 23.7 Å². The molecule has 0 bridgehead atoms. The second kappa shape index (κ2) is 5.72. The zero-order chi connectivity index (χ0) is 16.2. The Kier molecular flexibility index (Phi) is 3.94. The molecule has 2 unspecified atom stereocenters. The maximum atomic E-state index is 10.4. The SMILES string of the molecule is C/C(=C/CC1OC1(C)C)[C@H]1CC[C@@H]2CCC=C3COC(O)[C@@H]3[C@H]21. The van der Waals surface area contributed by atoms with Crippen LogP contribution in [0.25, 0.3) is 0 Å². The van der Waals surface area contributed by atoms with E-state index in [-0.39, 0.29) is 11.5 Å². The summed E-state index contributed by atoms with van der Waals surface area (Å²) in [5.74, 6) is 2.13. The van der Waals surface area contributed by atoms with Gasteiger partial charge in [-0.3, -0.25) is 0 Å². The first-order valence-corrected chi connectivity index (χ1v) is 9.30. The van der Waals surface area contributed by atoms with Crippen molar-refractivity contribution in [2.24, 2.45) is 23.7 Å². The number of hydrogen-bond acceptors (Lipinski definition) is 3. The summed E-state index contributed by atoms with van der Waals surface area (Å²) in [6.07, 6.45) is 10.6. The Morgan fingerprint density at radius 1 is 1.35 bits per heavy atom. The molecule has 4 aliphatic rings. The highest BCUT2D eigenvalue weighted by Crippen LogP contribution is 2.53. The molecule has 4 rings (SSSR count). The summed E-state index contributed by atoms with van der Waals surface area (Å²) in [5.41, 5.74) is 2.93. The Morgan fingerprint density at radius 3 is 2.87 bits per heavy atom. The third kappa shape index (κ3) is 2.81. The molecule has 2 saturated heterocycles. The zero-order valence-electron chi connectivity index (χ0n) is 14.6. The number of fused-ring (bicyclic) bond motifs is 3. The quantitative estimate of drug-likeness (QED) is 0.635. The minimum absolute atomic E-state index is 0.0721. The minimum atomic E-state index is -0.592. The Labute approximate surface area is 139 Å². The van der Waals surface area contributed by atoms with E-state index in [0.29, 0.717) is 24.5 Å². The zero-order valence-corrected chi connectivity index (χ0v) is 14.6. The summed E-state index contributed by atoms with van der Waals surface area (Å²) in [6, 6.07) is 0. The van der Waals surface area contributed by atoms with E-state index in [4.69, 9.17) is 9.47 Å². The van der Waals surface area contributed by atoms with E-state index in [1.807, 2.05) is 0 Å². The molecule has 0 spiro atoms. The number of ether oxygens (including phenoxy) is 2. The lowest BCUT2D eigenvalue weighted by atomic mass is 9.74. The number of epoxide rings is 1. The van der Waals surface area contributed by atoms with E-state index in [2.05, 4.69) is 32.9 Å². The topological polar surface area (TPSA) is 42.0 Å². The molecule has 0 aromatic heterocycles. The highest BCUT2D eigenvalue weighted by Gasteiger charge is 2.49. The van der Waals surface area contributed by atoms with Crippen LogP contribution in [0.2, 0.25) is 0 Å². The Hall–Kier alpha value is -0.640. The largest absolute Gasteiger partial charge is 0.367 e. The summed E-state index contributed by atoms with van der Waals surface area (Å²) in [6.45, 7) is 7.26. The van der Waals surface area contributed by atoms with Gasteiger partial charge >= 0.3 is 0 Å². The third-order valence-electron chi connectivity index (χ3n) is 6.78. The molecule has 3 fully saturated rings. The standard InChI is InChI=1S/C20H30O3/c1-12(7-10-16-20(2,3)23-16)15-9-8-13-5-4-6-14-11-22-19(21)18(14)17(13)15/h6-7,13,15-19,21H,4-5,8-11H2,1-3H3/b12-7-/t13-,15+,16?,17+,18-,19?/m0/s1. The lowest BCUT2D eigenvalue weighted by Gasteiger charge is -2.31. The van der Waals surface area contributed by atoms with Crippen LogP contribution in [0.15, 0.2) is 23.3 Å². The first-order valence-electron chi connectivity index (χ1n) is 9.30. The molecule has 23 heavy (non-hydrogen) atoms. The Bertz CT molecular complexity index is 533. The fourth-order valence-electron chi connectivity index (χ4n) is 5.31. The predicted molar refractivity (Wildman–Crippen MR) is 89.8 cm³/mol.